The molecule has 0 aliphatic heterocycles. The number of halogens is 1. The van der Waals surface area contributed by atoms with Crippen LogP contribution < -0.4 is 5.73 Å². The van der Waals surface area contributed by atoms with Crippen molar-refractivity contribution < 1.29 is 0 Å². The third-order valence-electron chi connectivity index (χ3n) is 2.28. The first-order chi connectivity index (χ1) is 7.66. The molecule has 0 saturated heterocycles. The Morgan fingerprint density at radius 3 is 2.81 bits per heavy atom. The maximum absolute atomic E-state index is 6.09. The number of nitrogens with zero attached hydrogens (tertiary/aromatic N) is 2. The van der Waals surface area contributed by atoms with Crippen molar-refractivity contribution in [3.63, 3.8) is 0 Å². The molecule has 0 aliphatic carbocycles. The number of nitrogens with two attached hydrogens (primary N) is 1. The number of rotatable bonds is 3. The summed E-state index contributed by atoms with van der Waals surface area (Å²) in [6.07, 6.45) is 4.29. The second-order valence-electron chi connectivity index (χ2n) is 3.58. The first-order valence-electron chi connectivity index (χ1n) is 4.93. The molecule has 0 aliphatic rings. The Labute approximate surface area is 107 Å². The number of thiophene rings is 1. The molecule has 84 valence electrons. The van der Waals surface area contributed by atoms with Gasteiger partial charge in [0.15, 0.2) is 0 Å². The average molecular weight is 298 g/mol. The van der Waals surface area contributed by atoms with E-state index in [9.17, 15) is 0 Å². The van der Waals surface area contributed by atoms with E-state index in [4.69, 9.17) is 5.73 Å². The van der Waals surface area contributed by atoms with Crippen LogP contribution in [0.2, 0.25) is 0 Å². The van der Waals surface area contributed by atoms with Crippen molar-refractivity contribution in [2.45, 2.75) is 19.4 Å². The topological polar surface area (TPSA) is 51.8 Å². The summed E-state index contributed by atoms with van der Waals surface area (Å²) in [5.41, 5.74) is 7.84. The molecule has 2 rings (SSSR count). The normalized spacial score (nSPS) is 12.7. The summed E-state index contributed by atoms with van der Waals surface area (Å²) in [5, 5.41) is 2.05. The Morgan fingerprint density at radius 1 is 1.44 bits per heavy atom. The van der Waals surface area contributed by atoms with Crippen LogP contribution in [0.3, 0.4) is 0 Å². The first-order valence-corrected chi connectivity index (χ1v) is 6.60. The van der Waals surface area contributed by atoms with Gasteiger partial charge in [0, 0.05) is 22.0 Å². The highest BCUT2D eigenvalue weighted by atomic mass is 79.9. The molecule has 2 aromatic rings. The van der Waals surface area contributed by atoms with E-state index in [0.717, 1.165) is 22.3 Å². The molecule has 5 heteroatoms. The van der Waals surface area contributed by atoms with E-state index in [-0.39, 0.29) is 6.04 Å². The Bertz CT molecular complexity index is 466. The zero-order valence-corrected chi connectivity index (χ0v) is 11.3. The number of hydrogen-bond donors (Lipinski definition) is 1. The summed E-state index contributed by atoms with van der Waals surface area (Å²) in [6, 6.07) is 1.94. The van der Waals surface area contributed by atoms with Gasteiger partial charge in [-0.3, -0.25) is 9.97 Å². The molecule has 0 saturated carbocycles. The summed E-state index contributed by atoms with van der Waals surface area (Å²) in [7, 11) is 0. The van der Waals surface area contributed by atoms with Crippen LogP contribution in [0.5, 0.6) is 0 Å². The number of aryl methyl sites for hydroxylation is 1. The molecular weight excluding hydrogens is 286 g/mol. The summed E-state index contributed by atoms with van der Waals surface area (Å²) in [5.74, 6) is 0. The third kappa shape index (κ3) is 2.66. The number of aromatic nitrogens is 2. The van der Waals surface area contributed by atoms with Crippen molar-refractivity contribution in [3.05, 3.63) is 44.6 Å². The monoisotopic (exact) mass is 297 g/mol. The molecule has 1 unspecified atom stereocenters. The quantitative estimate of drug-likeness (QED) is 0.948. The SMILES string of the molecule is Cc1cnc(C(N)Cc2sccc2Br)cn1. The molecule has 2 heterocycles. The van der Waals surface area contributed by atoms with E-state index in [0.29, 0.717) is 0 Å². The smallest absolute Gasteiger partial charge is 0.0757 e. The summed E-state index contributed by atoms with van der Waals surface area (Å²) in [4.78, 5) is 9.74. The van der Waals surface area contributed by atoms with Gasteiger partial charge in [-0.1, -0.05) is 0 Å². The van der Waals surface area contributed by atoms with Crippen molar-refractivity contribution in [1.82, 2.24) is 9.97 Å². The second kappa shape index (κ2) is 5.03. The minimum Gasteiger partial charge on any atom is -0.322 e. The van der Waals surface area contributed by atoms with Gasteiger partial charge in [0.2, 0.25) is 0 Å². The second-order valence-corrected chi connectivity index (χ2v) is 5.44. The van der Waals surface area contributed by atoms with E-state index >= 15 is 0 Å². The van der Waals surface area contributed by atoms with Gasteiger partial charge in [-0.2, -0.15) is 0 Å². The summed E-state index contributed by atoms with van der Waals surface area (Å²) >= 11 is 5.20. The lowest BCUT2D eigenvalue weighted by molar-refractivity contribution is 0.695. The fourth-order valence-corrected chi connectivity index (χ4v) is 2.94. The van der Waals surface area contributed by atoms with Crippen LogP contribution in [-0.4, -0.2) is 9.97 Å². The van der Waals surface area contributed by atoms with Crippen LogP contribution in [0, 0.1) is 6.92 Å². The van der Waals surface area contributed by atoms with Crippen LogP contribution in [-0.2, 0) is 6.42 Å². The minimum absolute atomic E-state index is 0.0944. The molecule has 0 aromatic carbocycles. The molecule has 0 radical (unpaired) electrons. The fourth-order valence-electron chi connectivity index (χ4n) is 1.37. The highest BCUT2D eigenvalue weighted by molar-refractivity contribution is 9.10. The van der Waals surface area contributed by atoms with Gasteiger partial charge in [0.1, 0.15) is 0 Å². The lowest BCUT2D eigenvalue weighted by Gasteiger charge is -2.09. The maximum atomic E-state index is 6.09. The van der Waals surface area contributed by atoms with Crippen molar-refractivity contribution >= 4 is 27.3 Å². The van der Waals surface area contributed by atoms with E-state index in [1.54, 1.807) is 23.7 Å². The Balaban J connectivity index is 2.11. The predicted molar refractivity (Wildman–Crippen MR) is 69.4 cm³/mol. The van der Waals surface area contributed by atoms with Gasteiger partial charge in [-0.15, -0.1) is 11.3 Å². The highest BCUT2D eigenvalue weighted by Gasteiger charge is 2.11. The van der Waals surface area contributed by atoms with Gasteiger partial charge in [0.25, 0.3) is 0 Å². The van der Waals surface area contributed by atoms with Gasteiger partial charge in [0.05, 0.1) is 23.6 Å². The largest absolute Gasteiger partial charge is 0.322 e. The molecule has 0 amide bonds. The molecular formula is C11H12BrN3S. The van der Waals surface area contributed by atoms with Crippen LogP contribution in [0.4, 0.5) is 0 Å². The zero-order valence-electron chi connectivity index (χ0n) is 8.85. The first kappa shape index (κ1) is 11.7. The Morgan fingerprint density at radius 2 is 2.25 bits per heavy atom. The average Bonchev–Trinajstić information content (AvgIpc) is 2.65. The molecule has 0 spiro atoms. The third-order valence-corrected chi connectivity index (χ3v) is 4.23. The molecule has 0 bridgehead atoms. The van der Waals surface area contributed by atoms with Crippen molar-refractivity contribution in [2.75, 3.05) is 0 Å². The standard InChI is InChI=1S/C11H12BrN3S/c1-7-5-15-10(6-14-7)9(13)4-11-8(12)2-3-16-11/h2-3,5-6,9H,4,13H2,1H3. The van der Waals surface area contributed by atoms with Crippen molar-refractivity contribution in [2.24, 2.45) is 5.73 Å². The Kier molecular flexibility index (Phi) is 3.68. The van der Waals surface area contributed by atoms with Crippen LogP contribution in [0.1, 0.15) is 22.3 Å². The van der Waals surface area contributed by atoms with E-state index in [2.05, 4.69) is 25.9 Å². The fraction of sp³-hybridized carbons (Fsp3) is 0.273. The van der Waals surface area contributed by atoms with E-state index < -0.39 is 0 Å². The van der Waals surface area contributed by atoms with Gasteiger partial charge in [-0.25, -0.2) is 0 Å². The van der Waals surface area contributed by atoms with Gasteiger partial charge in [-0.05, 0) is 34.3 Å². The highest BCUT2D eigenvalue weighted by Crippen LogP contribution is 2.26. The Hall–Kier alpha value is -0.780. The molecule has 3 nitrogen and oxygen atoms in total. The lowest BCUT2D eigenvalue weighted by atomic mass is 10.1. The number of hydrogen-bond acceptors (Lipinski definition) is 4. The van der Waals surface area contributed by atoms with Crippen molar-refractivity contribution in [3.8, 4) is 0 Å². The van der Waals surface area contributed by atoms with E-state index in [1.165, 1.54) is 4.88 Å². The zero-order chi connectivity index (χ0) is 11.5. The van der Waals surface area contributed by atoms with Crippen LogP contribution in [0.15, 0.2) is 28.3 Å². The van der Waals surface area contributed by atoms with Crippen molar-refractivity contribution in [1.29, 1.82) is 0 Å². The molecule has 0 fully saturated rings. The molecule has 1 atom stereocenters. The molecule has 2 N–H and O–H groups in total. The molecule has 16 heavy (non-hydrogen) atoms. The van der Waals surface area contributed by atoms with Crippen LogP contribution >= 0.6 is 27.3 Å². The summed E-state index contributed by atoms with van der Waals surface area (Å²) < 4.78 is 1.12. The van der Waals surface area contributed by atoms with Gasteiger partial charge < -0.3 is 5.73 Å². The predicted octanol–water partition coefficient (Wildman–Crippen LogP) is 2.85. The van der Waals surface area contributed by atoms with E-state index in [1.807, 2.05) is 18.4 Å². The lowest BCUT2D eigenvalue weighted by Crippen LogP contribution is -2.15. The van der Waals surface area contributed by atoms with Crippen LogP contribution in [0.25, 0.3) is 0 Å². The summed E-state index contributed by atoms with van der Waals surface area (Å²) in [6.45, 7) is 1.91. The maximum Gasteiger partial charge on any atom is 0.0757 e. The minimum atomic E-state index is -0.0944. The van der Waals surface area contributed by atoms with Gasteiger partial charge >= 0.3 is 0 Å². The molecule has 2 aromatic heterocycles.